The van der Waals surface area contributed by atoms with Crippen molar-refractivity contribution in [1.82, 2.24) is 10.2 Å². The number of hydrogen-bond donors (Lipinski definition) is 2. The van der Waals surface area contributed by atoms with Gasteiger partial charge in [0.1, 0.15) is 0 Å². The molecular formula is C15H24N2O. The second kappa shape index (κ2) is 6.32. The lowest BCUT2D eigenvalue weighted by atomic mass is 10.1. The van der Waals surface area contributed by atoms with Crippen molar-refractivity contribution in [1.29, 1.82) is 0 Å². The summed E-state index contributed by atoms with van der Waals surface area (Å²) in [5.74, 6) is 0. The van der Waals surface area contributed by atoms with E-state index in [-0.39, 0.29) is 12.6 Å². The molecule has 1 saturated heterocycles. The summed E-state index contributed by atoms with van der Waals surface area (Å²) in [6.45, 7) is 6.62. The zero-order valence-corrected chi connectivity index (χ0v) is 11.3. The predicted molar refractivity (Wildman–Crippen MR) is 74.4 cm³/mol. The Bertz CT molecular complexity index is 355. The Morgan fingerprint density at radius 2 is 2.11 bits per heavy atom. The standard InChI is InChI=1S/C15H24N2O/c1-12(11-18)16-15-8-13(2)17(10-15)9-14-6-4-3-5-7-14/h3-7,12-13,15-16,18H,8-11H2,1-2H3/t12-,13?,15?/m1/s1. The van der Waals surface area contributed by atoms with Crippen LogP contribution in [0.5, 0.6) is 0 Å². The van der Waals surface area contributed by atoms with Crippen molar-refractivity contribution in [2.75, 3.05) is 13.2 Å². The van der Waals surface area contributed by atoms with E-state index in [9.17, 15) is 0 Å². The van der Waals surface area contributed by atoms with Crippen LogP contribution in [0.2, 0.25) is 0 Å². The lowest BCUT2D eigenvalue weighted by molar-refractivity contribution is 0.233. The Morgan fingerprint density at radius 1 is 1.39 bits per heavy atom. The molecule has 3 heteroatoms. The maximum absolute atomic E-state index is 9.09. The molecule has 0 saturated carbocycles. The van der Waals surface area contributed by atoms with Gasteiger partial charge < -0.3 is 10.4 Å². The number of benzene rings is 1. The van der Waals surface area contributed by atoms with E-state index in [0.717, 1.165) is 19.5 Å². The van der Waals surface area contributed by atoms with Gasteiger partial charge in [0.2, 0.25) is 0 Å². The first-order valence-electron chi connectivity index (χ1n) is 6.84. The third-order valence-corrected chi connectivity index (χ3v) is 3.73. The van der Waals surface area contributed by atoms with E-state index in [2.05, 4.69) is 47.5 Å². The van der Waals surface area contributed by atoms with Gasteiger partial charge in [-0.3, -0.25) is 4.90 Å². The maximum atomic E-state index is 9.09. The highest BCUT2D eigenvalue weighted by molar-refractivity contribution is 5.15. The van der Waals surface area contributed by atoms with Crippen molar-refractivity contribution >= 4 is 0 Å². The van der Waals surface area contributed by atoms with Gasteiger partial charge in [0, 0.05) is 31.2 Å². The number of aliphatic hydroxyl groups excluding tert-OH is 1. The van der Waals surface area contributed by atoms with Gasteiger partial charge in [0.25, 0.3) is 0 Å². The molecule has 2 rings (SSSR count). The van der Waals surface area contributed by atoms with Gasteiger partial charge in [-0.2, -0.15) is 0 Å². The molecule has 18 heavy (non-hydrogen) atoms. The molecule has 1 fully saturated rings. The minimum atomic E-state index is 0.193. The van der Waals surface area contributed by atoms with Gasteiger partial charge in [-0.1, -0.05) is 30.3 Å². The second-order valence-corrected chi connectivity index (χ2v) is 5.45. The zero-order valence-electron chi connectivity index (χ0n) is 11.3. The summed E-state index contributed by atoms with van der Waals surface area (Å²) < 4.78 is 0. The molecule has 1 heterocycles. The normalized spacial score (nSPS) is 26.4. The molecule has 1 aliphatic heterocycles. The van der Waals surface area contributed by atoms with Gasteiger partial charge >= 0.3 is 0 Å². The molecule has 0 aromatic heterocycles. The highest BCUT2D eigenvalue weighted by Crippen LogP contribution is 2.20. The third-order valence-electron chi connectivity index (χ3n) is 3.73. The van der Waals surface area contributed by atoms with Crippen LogP contribution < -0.4 is 5.32 Å². The van der Waals surface area contributed by atoms with Crippen LogP contribution >= 0.6 is 0 Å². The Labute approximate surface area is 110 Å². The summed E-state index contributed by atoms with van der Waals surface area (Å²) in [7, 11) is 0. The van der Waals surface area contributed by atoms with Crippen molar-refractivity contribution < 1.29 is 5.11 Å². The molecule has 2 unspecified atom stereocenters. The molecular weight excluding hydrogens is 224 g/mol. The number of hydrogen-bond acceptors (Lipinski definition) is 3. The van der Waals surface area contributed by atoms with E-state index < -0.39 is 0 Å². The fourth-order valence-corrected chi connectivity index (χ4v) is 2.71. The van der Waals surface area contributed by atoms with E-state index >= 15 is 0 Å². The summed E-state index contributed by atoms with van der Waals surface area (Å²) >= 11 is 0. The number of rotatable bonds is 5. The van der Waals surface area contributed by atoms with Crippen LogP contribution in [-0.2, 0) is 6.54 Å². The highest BCUT2D eigenvalue weighted by atomic mass is 16.3. The molecule has 0 bridgehead atoms. The molecule has 3 nitrogen and oxygen atoms in total. The Balaban J connectivity index is 1.87. The first-order valence-corrected chi connectivity index (χ1v) is 6.84. The summed E-state index contributed by atoms with van der Waals surface area (Å²) in [6.07, 6.45) is 1.16. The van der Waals surface area contributed by atoms with Crippen molar-refractivity contribution in [3.8, 4) is 0 Å². The third kappa shape index (κ3) is 3.55. The van der Waals surface area contributed by atoms with E-state index in [1.165, 1.54) is 5.56 Å². The molecule has 2 N–H and O–H groups in total. The number of aliphatic hydroxyl groups is 1. The number of likely N-dealkylation sites (tertiary alicyclic amines) is 1. The molecule has 1 aliphatic rings. The summed E-state index contributed by atoms with van der Waals surface area (Å²) in [5.41, 5.74) is 1.38. The Hall–Kier alpha value is -0.900. The van der Waals surface area contributed by atoms with Crippen LogP contribution in [0.1, 0.15) is 25.8 Å². The lowest BCUT2D eigenvalue weighted by Gasteiger charge is -2.21. The molecule has 3 atom stereocenters. The molecule has 1 aromatic carbocycles. The van der Waals surface area contributed by atoms with Crippen LogP contribution in [0.4, 0.5) is 0 Å². The Kier molecular flexibility index (Phi) is 4.75. The number of nitrogens with one attached hydrogen (secondary N) is 1. The summed E-state index contributed by atoms with van der Waals surface area (Å²) in [6, 6.07) is 11.9. The van der Waals surface area contributed by atoms with E-state index in [1.54, 1.807) is 0 Å². The summed E-state index contributed by atoms with van der Waals surface area (Å²) in [5, 5.41) is 12.6. The molecule has 0 amide bonds. The van der Waals surface area contributed by atoms with Crippen molar-refractivity contribution in [2.24, 2.45) is 0 Å². The second-order valence-electron chi connectivity index (χ2n) is 5.45. The number of nitrogens with zero attached hydrogens (tertiary/aromatic N) is 1. The zero-order chi connectivity index (χ0) is 13.0. The maximum Gasteiger partial charge on any atom is 0.0582 e. The van der Waals surface area contributed by atoms with Gasteiger partial charge in [0.15, 0.2) is 0 Å². The predicted octanol–water partition coefficient (Wildman–Crippen LogP) is 1.62. The molecule has 1 aromatic rings. The first kappa shape index (κ1) is 13.5. The van der Waals surface area contributed by atoms with Crippen LogP contribution in [0.3, 0.4) is 0 Å². The fraction of sp³-hybridized carbons (Fsp3) is 0.600. The minimum Gasteiger partial charge on any atom is -0.395 e. The van der Waals surface area contributed by atoms with Crippen LogP contribution in [0, 0.1) is 0 Å². The van der Waals surface area contributed by atoms with E-state index in [1.807, 2.05) is 6.92 Å². The average molecular weight is 248 g/mol. The minimum absolute atomic E-state index is 0.193. The van der Waals surface area contributed by atoms with E-state index in [0.29, 0.717) is 12.1 Å². The van der Waals surface area contributed by atoms with Gasteiger partial charge in [-0.05, 0) is 25.8 Å². The van der Waals surface area contributed by atoms with Crippen LogP contribution in [0.15, 0.2) is 30.3 Å². The van der Waals surface area contributed by atoms with Crippen LogP contribution in [-0.4, -0.2) is 41.3 Å². The first-order chi connectivity index (χ1) is 8.69. The lowest BCUT2D eigenvalue weighted by Crippen LogP contribution is -2.40. The average Bonchev–Trinajstić information content (AvgIpc) is 2.71. The van der Waals surface area contributed by atoms with Gasteiger partial charge in [-0.25, -0.2) is 0 Å². The quantitative estimate of drug-likeness (QED) is 0.831. The van der Waals surface area contributed by atoms with Crippen LogP contribution in [0.25, 0.3) is 0 Å². The molecule has 100 valence electrons. The highest BCUT2D eigenvalue weighted by Gasteiger charge is 2.29. The van der Waals surface area contributed by atoms with Crippen molar-refractivity contribution in [3.05, 3.63) is 35.9 Å². The summed E-state index contributed by atoms with van der Waals surface area (Å²) in [4.78, 5) is 2.51. The largest absolute Gasteiger partial charge is 0.395 e. The van der Waals surface area contributed by atoms with Gasteiger partial charge in [0.05, 0.1) is 6.61 Å². The van der Waals surface area contributed by atoms with Crippen molar-refractivity contribution in [3.63, 3.8) is 0 Å². The van der Waals surface area contributed by atoms with E-state index in [4.69, 9.17) is 5.11 Å². The van der Waals surface area contributed by atoms with Crippen molar-refractivity contribution in [2.45, 2.75) is 44.9 Å². The SMILES string of the molecule is CC1CC(N[C@H](C)CO)CN1Cc1ccccc1. The topological polar surface area (TPSA) is 35.5 Å². The van der Waals surface area contributed by atoms with Gasteiger partial charge in [-0.15, -0.1) is 0 Å². The smallest absolute Gasteiger partial charge is 0.0582 e. The molecule has 0 spiro atoms. The fourth-order valence-electron chi connectivity index (χ4n) is 2.71. The Morgan fingerprint density at radius 3 is 2.78 bits per heavy atom. The monoisotopic (exact) mass is 248 g/mol. The molecule has 0 aliphatic carbocycles. The molecule has 0 radical (unpaired) electrons.